The molecule has 4 aliphatic heterocycles. The minimum atomic E-state index is -0.629. The van der Waals surface area contributed by atoms with E-state index in [9.17, 15) is 14.7 Å². The van der Waals surface area contributed by atoms with Crippen LogP contribution in [-0.2, 0) is 9.59 Å². The van der Waals surface area contributed by atoms with Crippen molar-refractivity contribution < 1.29 is 14.7 Å². The van der Waals surface area contributed by atoms with Crippen LogP contribution in [0.3, 0.4) is 0 Å². The van der Waals surface area contributed by atoms with E-state index in [1.165, 1.54) is 0 Å². The third kappa shape index (κ3) is 5.86. The van der Waals surface area contributed by atoms with Crippen LogP contribution >= 0.6 is 0 Å². The summed E-state index contributed by atoms with van der Waals surface area (Å²) < 4.78 is 0. The van der Waals surface area contributed by atoms with E-state index in [1.807, 2.05) is 4.90 Å². The fraction of sp³-hybridized carbons (Fsp3) is 0.889. The van der Waals surface area contributed by atoms with Gasteiger partial charge in [0.05, 0.1) is 20.0 Å². The second kappa shape index (κ2) is 8.40. The number of aliphatic hydroxyl groups excluding tert-OH is 1. The molecule has 4 fully saturated rings. The molecule has 0 aromatic rings. The van der Waals surface area contributed by atoms with Crippen LogP contribution in [0.2, 0.25) is 0 Å². The SMILES string of the molecule is O=C(CCN1CC1)N1CN(C(=O)CCN2CC2)CN(C(O)CCN2CC2)C1. The molecule has 1 N–H and O–H groups in total. The second-order valence-electron chi connectivity index (χ2n) is 8.17. The smallest absolute Gasteiger partial charge is 0.226 e. The topological polar surface area (TPSA) is 73.1 Å². The van der Waals surface area contributed by atoms with Crippen molar-refractivity contribution in [2.75, 3.05) is 78.9 Å². The average Bonchev–Trinajstić information content (AvgIpc) is 3.54. The summed E-state index contributed by atoms with van der Waals surface area (Å²) in [6, 6.07) is 0. The van der Waals surface area contributed by atoms with Gasteiger partial charge in [-0.3, -0.25) is 9.59 Å². The highest BCUT2D eigenvalue weighted by molar-refractivity contribution is 5.79. The van der Waals surface area contributed by atoms with Gasteiger partial charge in [-0.25, -0.2) is 4.90 Å². The summed E-state index contributed by atoms with van der Waals surface area (Å²) in [5.74, 6) is 0.127. The number of hydrogen-bond donors (Lipinski definition) is 1. The zero-order valence-electron chi connectivity index (χ0n) is 16.1. The van der Waals surface area contributed by atoms with E-state index in [1.54, 1.807) is 9.80 Å². The van der Waals surface area contributed by atoms with Gasteiger partial charge in [0.2, 0.25) is 11.8 Å². The summed E-state index contributed by atoms with van der Waals surface area (Å²) in [5.41, 5.74) is 0. The lowest BCUT2D eigenvalue weighted by Crippen LogP contribution is -2.60. The predicted octanol–water partition coefficient (Wildman–Crippen LogP) is -1.73. The molecule has 4 aliphatic rings. The molecule has 0 radical (unpaired) electrons. The van der Waals surface area contributed by atoms with Gasteiger partial charge in [-0.1, -0.05) is 0 Å². The number of carbonyl (C=O) groups excluding carboxylic acids is 2. The Morgan fingerprint density at radius 3 is 1.59 bits per heavy atom. The van der Waals surface area contributed by atoms with Gasteiger partial charge in [0, 0.05) is 71.7 Å². The number of aliphatic hydroxyl groups is 1. The highest BCUT2D eigenvalue weighted by Crippen LogP contribution is 2.17. The van der Waals surface area contributed by atoms with Crippen LogP contribution in [-0.4, -0.2) is 131 Å². The average molecular weight is 380 g/mol. The Labute approximate surface area is 161 Å². The first-order valence-corrected chi connectivity index (χ1v) is 10.2. The molecule has 27 heavy (non-hydrogen) atoms. The summed E-state index contributed by atoms with van der Waals surface area (Å²) in [6.07, 6.45) is 0.975. The zero-order chi connectivity index (χ0) is 18.8. The molecule has 0 aliphatic carbocycles. The number of amides is 2. The van der Waals surface area contributed by atoms with Crippen molar-refractivity contribution in [1.82, 2.24) is 29.4 Å². The third-order valence-corrected chi connectivity index (χ3v) is 5.78. The van der Waals surface area contributed by atoms with Gasteiger partial charge in [0.15, 0.2) is 0 Å². The predicted molar refractivity (Wildman–Crippen MR) is 99.3 cm³/mol. The van der Waals surface area contributed by atoms with Gasteiger partial charge in [-0.2, -0.15) is 0 Å². The summed E-state index contributed by atoms with van der Waals surface area (Å²) in [7, 11) is 0. The van der Waals surface area contributed by atoms with Crippen LogP contribution in [0.4, 0.5) is 0 Å². The second-order valence-corrected chi connectivity index (χ2v) is 8.17. The number of hydrogen-bond acceptors (Lipinski definition) is 7. The van der Waals surface area contributed by atoms with Gasteiger partial charge in [-0.05, 0) is 6.42 Å². The van der Waals surface area contributed by atoms with Crippen LogP contribution in [0.5, 0.6) is 0 Å². The standard InChI is InChI=1S/C18H32N6O3/c25-16(1-4-19-7-8-19)22-13-23(17(26)2-5-20-9-10-20)15-24(14-22)18(27)3-6-21-11-12-21/h16,25H,1-15H2. The molecule has 0 spiro atoms. The van der Waals surface area contributed by atoms with Crippen LogP contribution in [0.1, 0.15) is 19.3 Å². The molecule has 0 saturated carbocycles. The van der Waals surface area contributed by atoms with Crippen molar-refractivity contribution in [1.29, 1.82) is 0 Å². The van der Waals surface area contributed by atoms with Gasteiger partial charge < -0.3 is 29.6 Å². The van der Waals surface area contributed by atoms with E-state index >= 15 is 0 Å². The summed E-state index contributed by atoms with van der Waals surface area (Å²) in [4.78, 5) is 37.3. The summed E-state index contributed by atoms with van der Waals surface area (Å²) in [5, 5.41) is 10.6. The number of carbonyl (C=O) groups is 2. The first-order valence-electron chi connectivity index (χ1n) is 10.2. The lowest BCUT2D eigenvalue weighted by molar-refractivity contribution is -0.163. The fourth-order valence-electron chi connectivity index (χ4n) is 3.47. The Morgan fingerprint density at radius 1 is 0.704 bits per heavy atom. The molecule has 0 aromatic carbocycles. The third-order valence-electron chi connectivity index (χ3n) is 5.78. The van der Waals surface area contributed by atoms with Crippen molar-refractivity contribution in [3.63, 3.8) is 0 Å². The van der Waals surface area contributed by atoms with Crippen molar-refractivity contribution in [2.24, 2.45) is 0 Å². The first-order chi connectivity index (χ1) is 13.1. The lowest BCUT2D eigenvalue weighted by atomic mass is 10.3. The zero-order valence-corrected chi connectivity index (χ0v) is 16.1. The molecule has 152 valence electrons. The maximum atomic E-state index is 12.7. The van der Waals surface area contributed by atoms with Gasteiger partial charge >= 0.3 is 0 Å². The molecule has 9 heteroatoms. The lowest BCUT2D eigenvalue weighted by Gasteiger charge is -2.44. The van der Waals surface area contributed by atoms with Crippen molar-refractivity contribution >= 4 is 11.8 Å². The van der Waals surface area contributed by atoms with E-state index in [2.05, 4.69) is 14.7 Å². The Bertz CT molecular complexity index is 513. The maximum Gasteiger partial charge on any atom is 0.226 e. The number of rotatable bonds is 10. The van der Waals surface area contributed by atoms with Crippen LogP contribution in [0.15, 0.2) is 0 Å². The van der Waals surface area contributed by atoms with E-state index < -0.39 is 6.23 Å². The van der Waals surface area contributed by atoms with Crippen LogP contribution in [0, 0.1) is 0 Å². The molecule has 2 amide bonds. The van der Waals surface area contributed by atoms with Gasteiger partial charge in [0.25, 0.3) is 0 Å². The van der Waals surface area contributed by atoms with E-state index in [4.69, 9.17) is 0 Å². The Hall–Kier alpha value is -1.26. The quantitative estimate of drug-likeness (QED) is 0.452. The maximum absolute atomic E-state index is 12.7. The van der Waals surface area contributed by atoms with Gasteiger partial charge in [-0.15, -0.1) is 0 Å². The van der Waals surface area contributed by atoms with E-state index in [0.717, 1.165) is 58.9 Å². The molecule has 4 saturated heterocycles. The monoisotopic (exact) mass is 380 g/mol. The largest absolute Gasteiger partial charge is 0.378 e. The Kier molecular flexibility index (Phi) is 5.93. The molecular formula is C18H32N6O3. The Balaban J connectivity index is 1.33. The van der Waals surface area contributed by atoms with E-state index in [-0.39, 0.29) is 11.8 Å². The van der Waals surface area contributed by atoms with Crippen molar-refractivity contribution in [2.45, 2.75) is 25.5 Å². The fourth-order valence-corrected chi connectivity index (χ4v) is 3.47. The molecule has 1 atom stereocenters. The Morgan fingerprint density at radius 2 is 1.15 bits per heavy atom. The molecule has 0 aromatic heterocycles. The molecule has 4 heterocycles. The van der Waals surface area contributed by atoms with Gasteiger partial charge in [0.1, 0.15) is 6.23 Å². The molecule has 9 nitrogen and oxygen atoms in total. The van der Waals surface area contributed by atoms with Crippen LogP contribution < -0.4 is 0 Å². The normalized spacial score (nSPS) is 24.9. The molecule has 4 rings (SSSR count). The highest BCUT2D eigenvalue weighted by Gasteiger charge is 2.33. The number of nitrogens with zero attached hydrogens (tertiary/aromatic N) is 6. The minimum absolute atomic E-state index is 0.0634. The van der Waals surface area contributed by atoms with Crippen molar-refractivity contribution in [3.8, 4) is 0 Å². The van der Waals surface area contributed by atoms with Crippen LogP contribution in [0.25, 0.3) is 0 Å². The molecule has 0 bridgehead atoms. The first kappa shape index (κ1) is 19.1. The molecule has 1 unspecified atom stereocenters. The minimum Gasteiger partial charge on any atom is -0.378 e. The summed E-state index contributed by atoms with van der Waals surface area (Å²) in [6.45, 7) is 10.1. The molecular weight excluding hydrogens is 348 g/mol. The summed E-state index contributed by atoms with van der Waals surface area (Å²) >= 11 is 0. The van der Waals surface area contributed by atoms with E-state index in [0.29, 0.717) is 39.3 Å². The highest BCUT2D eigenvalue weighted by atomic mass is 16.3. The van der Waals surface area contributed by atoms with Crippen molar-refractivity contribution in [3.05, 3.63) is 0 Å².